The molecule has 0 bridgehead atoms. The van der Waals surface area contributed by atoms with Crippen molar-refractivity contribution in [2.75, 3.05) is 19.8 Å². The van der Waals surface area contributed by atoms with Crippen molar-refractivity contribution in [1.82, 2.24) is 14.9 Å². The largest absolute Gasteiger partial charge is 0.379 e. The van der Waals surface area contributed by atoms with Crippen molar-refractivity contribution < 1.29 is 9.84 Å². The highest BCUT2D eigenvalue weighted by Gasteiger charge is 2.34. The third-order valence-electron chi connectivity index (χ3n) is 5.02. The van der Waals surface area contributed by atoms with E-state index >= 15 is 0 Å². The Balaban J connectivity index is 1.59. The van der Waals surface area contributed by atoms with Crippen LogP contribution in [0.4, 0.5) is 0 Å². The van der Waals surface area contributed by atoms with Gasteiger partial charge in [0.05, 0.1) is 18.6 Å². The van der Waals surface area contributed by atoms with Crippen LogP contribution in [0.5, 0.6) is 0 Å². The van der Waals surface area contributed by atoms with Gasteiger partial charge in [0.25, 0.3) is 0 Å². The van der Waals surface area contributed by atoms with E-state index in [2.05, 4.69) is 21.8 Å². The van der Waals surface area contributed by atoms with Crippen LogP contribution in [-0.4, -0.2) is 52.0 Å². The van der Waals surface area contributed by atoms with E-state index in [0.29, 0.717) is 18.4 Å². The number of aromatic nitrogens is 2. The molecule has 0 radical (unpaired) electrons. The van der Waals surface area contributed by atoms with Gasteiger partial charge in [-0.3, -0.25) is 4.90 Å². The minimum Gasteiger partial charge on any atom is -0.379 e. The van der Waals surface area contributed by atoms with Crippen LogP contribution >= 0.6 is 22.9 Å². The smallest absolute Gasteiger partial charge is 0.141 e. The van der Waals surface area contributed by atoms with Gasteiger partial charge >= 0.3 is 0 Å². The molecule has 23 heavy (non-hydrogen) atoms. The fraction of sp³-hybridized carbons (Fsp3) is 0.625. The molecule has 1 fully saturated rings. The number of hydrogen-bond donors (Lipinski definition) is 1. The number of rotatable bonds is 2. The van der Waals surface area contributed by atoms with E-state index in [4.69, 9.17) is 16.3 Å². The van der Waals surface area contributed by atoms with Gasteiger partial charge in [0, 0.05) is 23.4 Å². The minimum atomic E-state index is -0.409. The first-order valence-corrected chi connectivity index (χ1v) is 9.27. The van der Waals surface area contributed by atoms with E-state index in [9.17, 15) is 5.11 Å². The maximum absolute atomic E-state index is 10.8. The van der Waals surface area contributed by atoms with E-state index in [1.807, 2.05) is 0 Å². The summed E-state index contributed by atoms with van der Waals surface area (Å²) >= 11 is 7.95. The van der Waals surface area contributed by atoms with E-state index < -0.39 is 6.23 Å². The van der Waals surface area contributed by atoms with Crippen LogP contribution in [0.25, 0.3) is 10.2 Å². The summed E-state index contributed by atoms with van der Waals surface area (Å²) in [6.07, 6.45) is 3.90. The van der Waals surface area contributed by atoms with Crippen LogP contribution in [-0.2, 0) is 17.6 Å². The lowest BCUT2D eigenvalue weighted by molar-refractivity contribution is -0.114. The fourth-order valence-corrected chi connectivity index (χ4v) is 5.34. The molecular weight excluding hydrogens is 334 g/mol. The van der Waals surface area contributed by atoms with Crippen molar-refractivity contribution in [1.29, 1.82) is 0 Å². The summed E-state index contributed by atoms with van der Waals surface area (Å²) in [4.78, 5) is 12.9. The number of aliphatic hydroxyl groups excluding tert-OH is 1. The number of hydrogen-bond acceptors (Lipinski definition) is 6. The number of aryl methyl sites for hydroxylation is 1. The molecular formula is C16H20ClN3O2S. The van der Waals surface area contributed by atoms with Crippen LogP contribution < -0.4 is 0 Å². The predicted octanol–water partition coefficient (Wildman–Crippen LogP) is 2.49. The van der Waals surface area contributed by atoms with Crippen molar-refractivity contribution in [3.8, 4) is 0 Å². The van der Waals surface area contributed by atoms with Crippen molar-refractivity contribution in [2.45, 2.75) is 38.5 Å². The summed E-state index contributed by atoms with van der Waals surface area (Å²) in [5.74, 6) is 0.253. The van der Waals surface area contributed by atoms with Crippen LogP contribution in [0.15, 0.2) is 6.33 Å². The summed E-state index contributed by atoms with van der Waals surface area (Å²) in [6, 6.07) is 0.267. The molecule has 4 rings (SSSR count). The quantitative estimate of drug-likeness (QED) is 0.840. The average molecular weight is 354 g/mol. The van der Waals surface area contributed by atoms with Crippen LogP contribution in [0.2, 0.25) is 5.15 Å². The molecule has 1 aliphatic carbocycles. The van der Waals surface area contributed by atoms with Gasteiger partial charge in [-0.1, -0.05) is 11.6 Å². The van der Waals surface area contributed by atoms with Gasteiger partial charge in [0.2, 0.25) is 0 Å². The Morgan fingerprint density at radius 2 is 2.35 bits per heavy atom. The van der Waals surface area contributed by atoms with Crippen LogP contribution in [0.1, 0.15) is 23.8 Å². The third-order valence-corrected chi connectivity index (χ3v) is 6.47. The average Bonchev–Trinajstić information content (AvgIpc) is 2.93. The van der Waals surface area contributed by atoms with E-state index in [1.165, 1.54) is 16.8 Å². The first kappa shape index (κ1) is 15.7. The van der Waals surface area contributed by atoms with Crippen LogP contribution in [0, 0.1) is 5.92 Å². The summed E-state index contributed by atoms with van der Waals surface area (Å²) in [5.41, 5.74) is 1.29. The minimum absolute atomic E-state index is 0.253. The number of thiophene rings is 1. The van der Waals surface area contributed by atoms with Gasteiger partial charge in [-0.05, 0) is 31.7 Å². The van der Waals surface area contributed by atoms with Gasteiger partial charge in [0.1, 0.15) is 22.5 Å². The number of halogens is 1. The molecule has 124 valence electrons. The van der Waals surface area contributed by atoms with E-state index in [-0.39, 0.29) is 12.0 Å². The molecule has 3 atom stereocenters. The van der Waals surface area contributed by atoms with Crippen molar-refractivity contribution in [3.63, 3.8) is 0 Å². The van der Waals surface area contributed by atoms with Gasteiger partial charge in [0.15, 0.2) is 0 Å². The molecule has 2 aliphatic rings. The molecule has 7 heteroatoms. The van der Waals surface area contributed by atoms with Crippen molar-refractivity contribution >= 4 is 33.2 Å². The Labute approximate surface area is 144 Å². The number of fused-ring (bicyclic) bond motifs is 3. The molecule has 1 aliphatic heterocycles. The standard InChI is InChI=1S/C16H20ClN3O2S/c1-9-7-22-5-4-20(9)16(21)10-2-3-11-12(6-10)23-15-13(11)14(17)18-8-19-15/h8-10,16,21H,2-7H2,1H3/t9-,10+,16?/m1/s1. The zero-order valence-electron chi connectivity index (χ0n) is 13.0. The molecule has 0 spiro atoms. The van der Waals surface area contributed by atoms with Gasteiger partial charge in [-0.15, -0.1) is 11.3 Å². The highest BCUT2D eigenvalue weighted by Crippen LogP contribution is 2.40. The maximum atomic E-state index is 10.8. The first-order valence-electron chi connectivity index (χ1n) is 8.07. The predicted molar refractivity (Wildman–Crippen MR) is 90.9 cm³/mol. The van der Waals surface area contributed by atoms with Crippen molar-refractivity contribution in [2.24, 2.45) is 5.92 Å². The highest BCUT2D eigenvalue weighted by molar-refractivity contribution is 7.19. The Hall–Kier alpha value is -0.790. The normalized spacial score (nSPS) is 27.1. The number of nitrogens with zero attached hydrogens (tertiary/aromatic N) is 3. The summed E-state index contributed by atoms with van der Waals surface area (Å²) < 4.78 is 5.48. The lowest BCUT2D eigenvalue weighted by atomic mass is 9.86. The second-order valence-corrected chi connectivity index (χ2v) is 7.87. The molecule has 5 nitrogen and oxygen atoms in total. The van der Waals surface area contributed by atoms with Gasteiger partial charge in [-0.25, -0.2) is 9.97 Å². The second kappa shape index (κ2) is 6.26. The molecule has 1 saturated heterocycles. The molecule has 1 N–H and O–H groups in total. The molecule has 3 heterocycles. The zero-order chi connectivity index (χ0) is 16.0. The van der Waals surface area contributed by atoms with E-state index in [0.717, 1.165) is 36.0 Å². The number of morpholine rings is 1. The first-order chi connectivity index (χ1) is 11.1. The number of ether oxygens (including phenoxy) is 1. The SMILES string of the molecule is C[C@@H]1COCCN1C(O)[C@H]1CCc2c(sc3ncnc(Cl)c23)C1. The Morgan fingerprint density at radius 1 is 1.48 bits per heavy atom. The maximum Gasteiger partial charge on any atom is 0.141 e. The van der Waals surface area contributed by atoms with E-state index in [1.54, 1.807) is 11.3 Å². The molecule has 0 amide bonds. The van der Waals surface area contributed by atoms with Gasteiger partial charge < -0.3 is 9.84 Å². The fourth-order valence-electron chi connectivity index (χ4n) is 3.76. The molecule has 2 aromatic heterocycles. The lowest BCUT2D eigenvalue weighted by Crippen LogP contribution is -2.52. The second-order valence-electron chi connectivity index (χ2n) is 6.43. The Kier molecular flexibility index (Phi) is 4.28. The number of aliphatic hydroxyl groups is 1. The topological polar surface area (TPSA) is 58.5 Å². The molecule has 0 saturated carbocycles. The molecule has 0 aromatic carbocycles. The summed E-state index contributed by atoms with van der Waals surface area (Å²) in [7, 11) is 0. The Bertz CT molecular complexity index is 723. The highest BCUT2D eigenvalue weighted by atomic mass is 35.5. The van der Waals surface area contributed by atoms with Gasteiger partial charge in [-0.2, -0.15) is 0 Å². The monoisotopic (exact) mass is 353 g/mol. The summed E-state index contributed by atoms with van der Waals surface area (Å²) in [6.45, 7) is 4.32. The van der Waals surface area contributed by atoms with Crippen LogP contribution in [0.3, 0.4) is 0 Å². The Morgan fingerprint density at radius 3 is 3.17 bits per heavy atom. The zero-order valence-corrected chi connectivity index (χ0v) is 14.6. The third kappa shape index (κ3) is 2.76. The molecule has 2 aromatic rings. The summed E-state index contributed by atoms with van der Waals surface area (Å²) in [5, 5.41) is 12.4. The van der Waals surface area contributed by atoms with Crippen molar-refractivity contribution in [3.05, 3.63) is 21.9 Å². The lowest BCUT2D eigenvalue weighted by Gasteiger charge is -2.41. The molecule has 1 unspecified atom stereocenters.